The first-order valence-corrected chi connectivity index (χ1v) is 7.90. The molecule has 0 bridgehead atoms. The molecule has 0 heterocycles. The van der Waals surface area contributed by atoms with Crippen molar-refractivity contribution in [1.29, 1.82) is 0 Å². The summed E-state index contributed by atoms with van der Waals surface area (Å²) in [6.07, 6.45) is 3.11. The minimum Gasteiger partial charge on any atom is -0.362 e. The van der Waals surface area contributed by atoms with Gasteiger partial charge in [-0.25, -0.2) is 0 Å². The van der Waals surface area contributed by atoms with Crippen molar-refractivity contribution in [3.63, 3.8) is 0 Å². The highest BCUT2D eigenvalue weighted by Gasteiger charge is 2.12. The van der Waals surface area contributed by atoms with Crippen LogP contribution in [0.1, 0.15) is 33.1 Å². The van der Waals surface area contributed by atoms with Crippen LogP contribution in [-0.2, 0) is 14.3 Å². The maximum atomic E-state index is 11.8. The van der Waals surface area contributed by atoms with Gasteiger partial charge in [0.1, 0.15) is 13.2 Å². The molecular weight excluding hydrogens is 276 g/mol. The van der Waals surface area contributed by atoms with Crippen LogP contribution in [0.3, 0.4) is 0 Å². The third-order valence-electron chi connectivity index (χ3n) is 3.14. The first-order valence-electron chi connectivity index (χ1n) is 7.27. The summed E-state index contributed by atoms with van der Waals surface area (Å²) >= 11 is 4.15. The number of carbonyl (C=O) groups excluding carboxylic acids is 2. The number of hydrogen-bond acceptors (Lipinski definition) is 4. The van der Waals surface area contributed by atoms with Gasteiger partial charge in [-0.3, -0.25) is 9.59 Å². The zero-order valence-corrected chi connectivity index (χ0v) is 13.8. The molecule has 0 aliphatic carbocycles. The number of unbranched alkanes of at least 4 members (excludes halogenated alkanes) is 2. The largest absolute Gasteiger partial charge is 0.362 e. The Morgan fingerprint density at radius 1 is 1.00 bits per heavy atom. The van der Waals surface area contributed by atoms with Crippen molar-refractivity contribution in [3.8, 4) is 0 Å². The van der Waals surface area contributed by atoms with Crippen LogP contribution in [0.2, 0.25) is 0 Å². The highest BCUT2D eigenvalue weighted by atomic mass is 32.1. The Bertz CT molecular complexity index is 284. The molecule has 0 aromatic rings. The van der Waals surface area contributed by atoms with E-state index in [1.54, 1.807) is 16.8 Å². The van der Waals surface area contributed by atoms with Crippen LogP contribution >= 0.6 is 12.6 Å². The summed E-state index contributed by atoms with van der Waals surface area (Å²) in [6.45, 7) is 5.84. The van der Waals surface area contributed by atoms with E-state index in [2.05, 4.69) is 12.6 Å². The topological polar surface area (TPSA) is 49.9 Å². The summed E-state index contributed by atoms with van der Waals surface area (Å²) in [5.41, 5.74) is 0. The molecule has 0 aliphatic heterocycles. The highest BCUT2D eigenvalue weighted by Crippen LogP contribution is 1.99. The number of amides is 2. The molecule has 0 spiro atoms. The van der Waals surface area contributed by atoms with Crippen LogP contribution in [0.25, 0.3) is 0 Å². The summed E-state index contributed by atoms with van der Waals surface area (Å²) < 4.78 is 5.20. The Labute approximate surface area is 128 Å². The van der Waals surface area contributed by atoms with Crippen molar-refractivity contribution in [3.05, 3.63) is 0 Å². The van der Waals surface area contributed by atoms with E-state index in [0.29, 0.717) is 13.1 Å². The molecule has 2 amide bonds. The minimum atomic E-state index is -0.0804. The number of nitrogens with zero attached hydrogens (tertiary/aromatic N) is 2. The van der Waals surface area contributed by atoms with E-state index in [0.717, 1.165) is 31.6 Å². The van der Waals surface area contributed by atoms with E-state index in [4.69, 9.17) is 4.74 Å². The van der Waals surface area contributed by atoms with Crippen LogP contribution in [0.4, 0.5) is 0 Å². The predicted molar refractivity (Wildman–Crippen MR) is 84.1 cm³/mol. The Morgan fingerprint density at radius 2 is 1.60 bits per heavy atom. The molecule has 5 nitrogen and oxygen atoms in total. The Balaban J connectivity index is 3.78. The quantitative estimate of drug-likeness (QED) is 0.464. The van der Waals surface area contributed by atoms with Gasteiger partial charge in [0.25, 0.3) is 0 Å². The minimum absolute atomic E-state index is 0.0269. The number of thiol groups is 1. The number of carbonyl (C=O) groups is 2. The number of ether oxygens (including phenoxy) is 1. The fourth-order valence-corrected chi connectivity index (χ4v) is 1.99. The molecule has 0 atom stereocenters. The molecule has 0 saturated heterocycles. The lowest BCUT2D eigenvalue weighted by Crippen LogP contribution is -2.36. The average Bonchev–Trinajstić information content (AvgIpc) is 2.44. The second kappa shape index (κ2) is 12.0. The summed E-state index contributed by atoms with van der Waals surface area (Å²) in [4.78, 5) is 26.8. The van der Waals surface area contributed by atoms with Gasteiger partial charge >= 0.3 is 0 Å². The molecule has 0 aromatic carbocycles. The van der Waals surface area contributed by atoms with Crippen molar-refractivity contribution in [2.75, 3.05) is 45.6 Å². The second-order valence-corrected chi connectivity index (χ2v) is 5.11. The summed E-state index contributed by atoms with van der Waals surface area (Å²) in [5, 5.41) is 0. The van der Waals surface area contributed by atoms with E-state index in [-0.39, 0.29) is 25.0 Å². The van der Waals surface area contributed by atoms with Crippen molar-refractivity contribution in [2.24, 2.45) is 0 Å². The third kappa shape index (κ3) is 8.43. The Kier molecular flexibility index (Phi) is 11.6. The van der Waals surface area contributed by atoms with E-state index in [9.17, 15) is 9.59 Å². The SMILES string of the molecule is CCN(CC)C(=O)COCC(=O)N(C)CCCCCS. The van der Waals surface area contributed by atoms with Crippen molar-refractivity contribution < 1.29 is 14.3 Å². The molecule has 20 heavy (non-hydrogen) atoms. The average molecular weight is 304 g/mol. The molecule has 0 unspecified atom stereocenters. The molecule has 6 heteroatoms. The maximum Gasteiger partial charge on any atom is 0.248 e. The molecule has 118 valence electrons. The van der Waals surface area contributed by atoms with Gasteiger partial charge in [0.05, 0.1) is 0 Å². The van der Waals surface area contributed by atoms with Gasteiger partial charge in [0.2, 0.25) is 11.8 Å². The third-order valence-corrected chi connectivity index (χ3v) is 3.46. The molecule has 0 radical (unpaired) electrons. The van der Waals surface area contributed by atoms with Gasteiger partial charge in [-0.2, -0.15) is 12.6 Å². The molecule has 0 rings (SSSR count). The first kappa shape index (κ1) is 19.2. The van der Waals surface area contributed by atoms with Crippen LogP contribution in [0, 0.1) is 0 Å². The Morgan fingerprint density at radius 3 is 2.15 bits per heavy atom. The van der Waals surface area contributed by atoms with Gasteiger partial charge < -0.3 is 14.5 Å². The van der Waals surface area contributed by atoms with Crippen LogP contribution in [0.5, 0.6) is 0 Å². The van der Waals surface area contributed by atoms with E-state index >= 15 is 0 Å². The maximum absolute atomic E-state index is 11.8. The van der Waals surface area contributed by atoms with Crippen molar-refractivity contribution in [1.82, 2.24) is 9.80 Å². The van der Waals surface area contributed by atoms with Gasteiger partial charge in [0, 0.05) is 26.7 Å². The van der Waals surface area contributed by atoms with Gasteiger partial charge in [0.15, 0.2) is 0 Å². The fraction of sp³-hybridized carbons (Fsp3) is 0.857. The van der Waals surface area contributed by atoms with E-state index in [1.165, 1.54) is 0 Å². The van der Waals surface area contributed by atoms with Crippen LogP contribution < -0.4 is 0 Å². The predicted octanol–water partition coefficient (Wildman–Crippen LogP) is 1.43. The van der Waals surface area contributed by atoms with E-state index < -0.39 is 0 Å². The first-order chi connectivity index (χ1) is 9.56. The Hall–Kier alpha value is -0.750. The monoisotopic (exact) mass is 304 g/mol. The standard InChI is InChI=1S/C14H28N2O3S/c1-4-16(5-2)14(18)12-19-11-13(17)15(3)9-7-6-8-10-20/h20H,4-12H2,1-3H3. The normalized spacial score (nSPS) is 10.4. The molecule has 0 N–H and O–H groups in total. The van der Waals surface area contributed by atoms with Gasteiger partial charge in [-0.1, -0.05) is 6.42 Å². The number of likely N-dealkylation sites (N-methyl/N-ethyl adjacent to an activating group) is 2. The lowest BCUT2D eigenvalue weighted by Gasteiger charge is -2.19. The molecule has 0 saturated carbocycles. The molecule has 0 fully saturated rings. The summed E-state index contributed by atoms with van der Waals surface area (Å²) in [5.74, 6) is 0.733. The fourth-order valence-electron chi connectivity index (χ4n) is 1.77. The lowest BCUT2D eigenvalue weighted by molar-refractivity contribution is -0.141. The highest BCUT2D eigenvalue weighted by molar-refractivity contribution is 7.80. The zero-order chi connectivity index (χ0) is 15.4. The number of rotatable bonds is 11. The van der Waals surface area contributed by atoms with Crippen LogP contribution in [0.15, 0.2) is 0 Å². The van der Waals surface area contributed by atoms with Gasteiger partial charge in [-0.15, -0.1) is 0 Å². The summed E-state index contributed by atoms with van der Waals surface area (Å²) in [7, 11) is 1.76. The van der Waals surface area contributed by atoms with Crippen molar-refractivity contribution >= 4 is 24.4 Å². The molecule has 0 aliphatic rings. The smallest absolute Gasteiger partial charge is 0.248 e. The van der Waals surface area contributed by atoms with Crippen LogP contribution in [-0.4, -0.2) is 67.3 Å². The van der Waals surface area contributed by atoms with Gasteiger partial charge in [-0.05, 0) is 32.4 Å². The molecule has 0 aromatic heterocycles. The van der Waals surface area contributed by atoms with E-state index in [1.807, 2.05) is 13.8 Å². The lowest BCUT2D eigenvalue weighted by atomic mass is 10.2. The molecular formula is C14H28N2O3S. The second-order valence-electron chi connectivity index (χ2n) is 4.66. The zero-order valence-electron chi connectivity index (χ0n) is 12.9. The van der Waals surface area contributed by atoms with Crippen molar-refractivity contribution in [2.45, 2.75) is 33.1 Å². The number of hydrogen-bond donors (Lipinski definition) is 1. The summed E-state index contributed by atoms with van der Waals surface area (Å²) in [6, 6.07) is 0.